The van der Waals surface area contributed by atoms with Gasteiger partial charge in [0.15, 0.2) is 0 Å². The van der Waals surface area contributed by atoms with Gasteiger partial charge in [0.25, 0.3) is 0 Å². The molecule has 0 radical (unpaired) electrons. The molecule has 0 N–H and O–H groups in total. The summed E-state index contributed by atoms with van der Waals surface area (Å²) >= 11 is 5.73. The summed E-state index contributed by atoms with van der Waals surface area (Å²) in [6.45, 7) is 4.25. The molecule has 0 aliphatic heterocycles. The lowest BCUT2D eigenvalue weighted by Gasteiger charge is -2.06. The van der Waals surface area contributed by atoms with Gasteiger partial charge in [-0.1, -0.05) is 13.8 Å². The lowest BCUT2D eigenvalue weighted by molar-refractivity contribution is -0.143. The Kier molecular flexibility index (Phi) is 6.33. The number of hydrogen-bond donors (Lipinski definition) is 0. The van der Waals surface area contributed by atoms with Crippen molar-refractivity contribution >= 4 is 17.6 Å². The highest BCUT2D eigenvalue weighted by Gasteiger charge is 2.05. The predicted molar refractivity (Wildman–Crippen MR) is 45.8 cm³/mol. The van der Waals surface area contributed by atoms with Crippen LogP contribution >= 0.6 is 11.6 Å². The maximum absolute atomic E-state index is 10.8. The minimum atomic E-state index is -0.147. The van der Waals surface area contributed by atoms with Crippen molar-refractivity contribution in [2.24, 2.45) is 0 Å². The van der Waals surface area contributed by atoms with Gasteiger partial charge in [-0.05, 0) is 12.8 Å². The van der Waals surface area contributed by atoms with Gasteiger partial charge >= 0.3 is 5.97 Å². The van der Waals surface area contributed by atoms with E-state index in [1.54, 1.807) is 0 Å². The number of alkyl halides is 1. The van der Waals surface area contributed by atoms with Gasteiger partial charge < -0.3 is 4.74 Å². The van der Waals surface area contributed by atoms with Crippen LogP contribution in [0.25, 0.3) is 0 Å². The number of rotatable bonds is 5. The molecule has 0 aromatic rings. The third-order valence-electron chi connectivity index (χ3n) is 1.32. The van der Waals surface area contributed by atoms with Crippen LogP contribution in [0.15, 0.2) is 0 Å². The number of halogens is 1. The first-order valence-corrected chi connectivity index (χ1v) is 4.44. The van der Waals surface area contributed by atoms with Gasteiger partial charge in [0, 0.05) is 6.42 Å². The molecule has 3 heteroatoms. The fraction of sp³-hybridized carbons (Fsp3) is 0.875. The molecule has 1 atom stereocenters. The van der Waals surface area contributed by atoms with Crippen LogP contribution in [0.1, 0.15) is 33.1 Å². The molecule has 1 unspecified atom stereocenters. The molecule has 0 rings (SSSR count). The molecule has 0 aromatic heterocycles. The van der Waals surface area contributed by atoms with E-state index in [1.807, 2.05) is 13.8 Å². The molecule has 0 saturated carbocycles. The third kappa shape index (κ3) is 6.17. The second-order valence-corrected chi connectivity index (χ2v) is 3.06. The lowest BCUT2D eigenvalue weighted by Crippen LogP contribution is -2.12. The Hall–Kier alpha value is -0.240. The first kappa shape index (κ1) is 10.8. The van der Waals surface area contributed by atoms with E-state index in [9.17, 15) is 4.79 Å². The Labute approximate surface area is 72.9 Å². The third-order valence-corrected chi connectivity index (χ3v) is 1.76. The molecule has 0 amide bonds. The second-order valence-electron chi connectivity index (χ2n) is 2.44. The van der Waals surface area contributed by atoms with Crippen molar-refractivity contribution in [3.8, 4) is 0 Å². The zero-order valence-corrected chi connectivity index (χ0v) is 7.86. The van der Waals surface area contributed by atoms with Crippen LogP contribution in [-0.2, 0) is 9.53 Å². The summed E-state index contributed by atoms with van der Waals surface area (Å²) in [4.78, 5) is 10.8. The molecule has 11 heavy (non-hydrogen) atoms. The van der Waals surface area contributed by atoms with E-state index >= 15 is 0 Å². The highest BCUT2D eigenvalue weighted by Crippen LogP contribution is 2.02. The number of esters is 1. The van der Waals surface area contributed by atoms with Crippen molar-refractivity contribution in [3.63, 3.8) is 0 Å². The summed E-state index contributed by atoms with van der Waals surface area (Å²) < 4.78 is 4.86. The lowest BCUT2D eigenvalue weighted by atomic mass is 10.3. The molecule has 0 saturated heterocycles. The van der Waals surface area contributed by atoms with E-state index in [0.29, 0.717) is 13.0 Å². The van der Waals surface area contributed by atoms with Gasteiger partial charge in [-0.3, -0.25) is 4.79 Å². The van der Waals surface area contributed by atoms with Crippen molar-refractivity contribution in [1.82, 2.24) is 0 Å². The van der Waals surface area contributed by atoms with E-state index in [0.717, 1.165) is 12.8 Å². The smallest absolute Gasteiger partial charge is 0.305 e. The molecule has 0 spiro atoms. The number of carbonyl (C=O) groups is 1. The minimum absolute atomic E-state index is 0.0317. The van der Waals surface area contributed by atoms with Gasteiger partial charge in [-0.2, -0.15) is 0 Å². The molecule has 0 fully saturated rings. The first-order valence-electron chi connectivity index (χ1n) is 4.00. The van der Waals surface area contributed by atoms with Crippen molar-refractivity contribution < 1.29 is 9.53 Å². The molecular formula is C8H15ClO2. The predicted octanol–water partition coefficient (Wildman–Crippen LogP) is 2.35. The summed E-state index contributed by atoms with van der Waals surface area (Å²) in [5.41, 5.74) is 0. The Morgan fingerprint density at radius 3 is 2.64 bits per heavy atom. The highest BCUT2D eigenvalue weighted by molar-refractivity contribution is 6.20. The van der Waals surface area contributed by atoms with E-state index in [1.165, 1.54) is 0 Å². The molecular weight excluding hydrogens is 164 g/mol. The SMILES string of the molecule is CCCC(=O)OCC(Cl)CC. The monoisotopic (exact) mass is 178 g/mol. The summed E-state index contributed by atoms with van der Waals surface area (Å²) in [5, 5.41) is -0.0317. The summed E-state index contributed by atoms with van der Waals surface area (Å²) in [6.07, 6.45) is 2.16. The van der Waals surface area contributed by atoms with Crippen LogP contribution in [0.4, 0.5) is 0 Å². The quantitative estimate of drug-likeness (QED) is 0.477. The van der Waals surface area contributed by atoms with E-state index in [-0.39, 0.29) is 11.3 Å². The van der Waals surface area contributed by atoms with Crippen molar-refractivity contribution in [2.45, 2.75) is 38.5 Å². The van der Waals surface area contributed by atoms with E-state index in [4.69, 9.17) is 16.3 Å². The molecule has 0 bridgehead atoms. The van der Waals surface area contributed by atoms with Crippen molar-refractivity contribution in [3.05, 3.63) is 0 Å². The van der Waals surface area contributed by atoms with Gasteiger partial charge in [0.2, 0.25) is 0 Å². The summed E-state index contributed by atoms with van der Waals surface area (Å²) in [6, 6.07) is 0. The molecule has 0 heterocycles. The fourth-order valence-electron chi connectivity index (χ4n) is 0.578. The average molecular weight is 179 g/mol. The first-order chi connectivity index (χ1) is 5.20. The maximum atomic E-state index is 10.8. The Balaban J connectivity index is 3.30. The second kappa shape index (κ2) is 6.47. The number of hydrogen-bond acceptors (Lipinski definition) is 2. The van der Waals surface area contributed by atoms with Crippen LogP contribution in [0.5, 0.6) is 0 Å². The van der Waals surface area contributed by atoms with Crippen LogP contribution in [0.3, 0.4) is 0 Å². The number of ether oxygens (including phenoxy) is 1. The van der Waals surface area contributed by atoms with Crippen LogP contribution in [-0.4, -0.2) is 18.0 Å². The molecule has 2 nitrogen and oxygen atoms in total. The number of carbonyl (C=O) groups excluding carboxylic acids is 1. The largest absolute Gasteiger partial charge is 0.464 e. The van der Waals surface area contributed by atoms with Gasteiger partial charge in [0.05, 0.1) is 5.38 Å². The summed E-state index contributed by atoms with van der Waals surface area (Å²) in [5.74, 6) is -0.147. The standard InChI is InChI=1S/C8H15ClO2/c1-3-5-8(10)11-6-7(9)4-2/h7H,3-6H2,1-2H3. The highest BCUT2D eigenvalue weighted by atomic mass is 35.5. The minimum Gasteiger partial charge on any atom is -0.464 e. The van der Waals surface area contributed by atoms with Gasteiger partial charge in [0.1, 0.15) is 6.61 Å². The van der Waals surface area contributed by atoms with Crippen LogP contribution in [0, 0.1) is 0 Å². The zero-order chi connectivity index (χ0) is 8.69. The Morgan fingerprint density at radius 1 is 1.55 bits per heavy atom. The van der Waals surface area contributed by atoms with E-state index in [2.05, 4.69) is 0 Å². The Bertz CT molecular complexity index is 115. The fourth-order valence-corrected chi connectivity index (χ4v) is 0.641. The molecule has 0 aromatic carbocycles. The molecule has 0 aliphatic rings. The molecule has 66 valence electrons. The summed E-state index contributed by atoms with van der Waals surface area (Å²) in [7, 11) is 0. The Morgan fingerprint density at radius 2 is 2.18 bits per heavy atom. The van der Waals surface area contributed by atoms with Crippen molar-refractivity contribution in [1.29, 1.82) is 0 Å². The van der Waals surface area contributed by atoms with Crippen molar-refractivity contribution in [2.75, 3.05) is 6.61 Å². The van der Waals surface area contributed by atoms with Gasteiger partial charge in [-0.15, -0.1) is 11.6 Å². The zero-order valence-electron chi connectivity index (χ0n) is 7.10. The maximum Gasteiger partial charge on any atom is 0.305 e. The average Bonchev–Trinajstić information content (AvgIpc) is 2.01. The van der Waals surface area contributed by atoms with Crippen LogP contribution in [0.2, 0.25) is 0 Å². The molecule has 0 aliphatic carbocycles. The van der Waals surface area contributed by atoms with Gasteiger partial charge in [-0.25, -0.2) is 0 Å². The van der Waals surface area contributed by atoms with Crippen LogP contribution < -0.4 is 0 Å². The topological polar surface area (TPSA) is 26.3 Å². The van der Waals surface area contributed by atoms with E-state index < -0.39 is 0 Å². The normalized spacial score (nSPS) is 12.6.